The topological polar surface area (TPSA) is 72.2 Å². The van der Waals surface area contributed by atoms with Crippen LogP contribution < -0.4 is 5.32 Å². The van der Waals surface area contributed by atoms with E-state index in [0.717, 1.165) is 16.7 Å². The molecule has 0 aliphatic carbocycles. The van der Waals surface area contributed by atoms with E-state index >= 15 is 0 Å². The molecule has 1 N–H and O–H groups in total. The van der Waals surface area contributed by atoms with Gasteiger partial charge in [0, 0.05) is 6.04 Å². The summed E-state index contributed by atoms with van der Waals surface area (Å²) >= 11 is 0. The Morgan fingerprint density at radius 3 is 3.05 bits per heavy atom. The van der Waals surface area contributed by atoms with Gasteiger partial charge in [-0.2, -0.15) is 0 Å². The molecular weight excluding hydrogens is 264 g/mol. The van der Waals surface area contributed by atoms with Crippen molar-refractivity contribution in [3.8, 4) is 0 Å². The molecule has 0 amide bonds. The highest BCUT2D eigenvalue weighted by Crippen LogP contribution is 2.17. The van der Waals surface area contributed by atoms with Crippen molar-refractivity contribution in [2.24, 2.45) is 0 Å². The molecule has 1 aliphatic heterocycles. The van der Waals surface area contributed by atoms with Gasteiger partial charge in [0.05, 0.1) is 18.1 Å². The van der Waals surface area contributed by atoms with E-state index in [1.54, 1.807) is 0 Å². The van der Waals surface area contributed by atoms with Crippen LogP contribution in [0.1, 0.15) is 17.9 Å². The van der Waals surface area contributed by atoms with Crippen LogP contribution in [0.4, 0.5) is 0 Å². The number of nitrogens with one attached hydrogen (secondary N) is 1. The third kappa shape index (κ3) is 2.79. The number of benzene rings is 1. The molecule has 1 atom stereocenters. The van der Waals surface area contributed by atoms with Gasteiger partial charge < -0.3 is 9.73 Å². The smallest absolute Gasteiger partial charge is 0.209 e. The Hall–Kier alpha value is -1.40. The van der Waals surface area contributed by atoms with Crippen LogP contribution in [0, 0.1) is 6.92 Å². The molecular formula is C13H16N2O3S. The second kappa shape index (κ2) is 4.61. The second-order valence-corrected chi connectivity index (χ2v) is 7.29. The second-order valence-electron chi connectivity index (χ2n) is 5.06. The molecule has 1 fully saturated rings. The van der Waals surface area contributed by atoms with Gasteiger partial charge >= 0.3 is 0 Å². The molecule has 0 radical (unpaired) electrons. The Morgan fingerprint density at radius 1 is 1.47 bits per heavy atom. The first-order valence-corrected chi connectivity index (χ1v) is 8.14. The summed E-state index contributed by atoms with van der Waals surface area (Å²) in [4.78, 5) is 4.37. The van der Waals surface area contributed by atoms with E-state index in [1.165, 1.54) is 0 Å². The van der Waals surface area contributed by atoms with Gasteiger partial charge in [-0.05, 0) is 31.0 Å². The van der Waals surface area contributed by atoms with Crippen LogP contribution in [0.2, 0.25) is 0 Å². The van der Waals surface area contributed by atoms with Crippen molar-refractivity contribution in [2.75, 3.05) is 11.5 Å². The van der Waals surface area contributed by atoms with Crippen molar-refractivity contribution in [1.29, 1.82) is 0 Å². The van der Waals surface area contributed by atoms with E-state index in [4.69, 9.17) is 4.42 Å². The molecule has 1 unspecified atom stereocenters. The van der Waals surface area contributed by atoms with Gasteiger partial charge in [-0.25, -0.2) is 13.4 Å². The lowest BCUT2D eigenvalue weighted by Crippen LogP contribution is -2.29. The fraction of sp³-hybridized carbons (Fsp3) is 0.462. The Kier molecular flexibility index (Phi) is 3.06. The first-order valence-electron chi connectivity index (χ1n) is 6.32. The van der Waals surface area contributed by atoms with Crippen LogP contribution in [0.25, 0.3) is 11.1 Å². The van der Waals surface area contributed by atoms with Crippen LogP contribution >= 0.6 is 0 Å². The largest absolute Gasteiger partial charge is 0.439 e. The van der Waals surface area contributed by atoms with Crippen LogP contribution in [0.15, 0.2) is 22.6 Å². The van der Waals surface area contributed by atoms with Gasteiger partial charge in [-0.15, -0.1) is 0 Å². The molecule has 1 aromatic heterocycles. The molecule has 0 spiro atoms. The Labute approximate surface area is 111 Å². The van der Waals surface area contributed by atoms with Crippen molar-refractivity contribution in [3.05, 3.63) is 29.7 Å². The first kappa shape index (κ1) is 12.6. The summed E-state index contributed by atoms with van der Waals surface area (Å²) in [5.41, 5.74) is 2.74. The van der Waals surface area contributed by atoms with Crippen LogP contribution in [-0.4, -0.2) is 30.9 Å². The van der Waals surface area contributed by atoms with Crippen molar-refractivity contribution in [2.45, 2.75) is 25.9 Å². The number of fused-ring (bicyclic) bond motifs is 1. The summed E-state index contributed by atoms with van der Waals surface area (Å²) in [6.45, 7) is 2.47. The summed E-state index contributed by atoms with van der Waals surface area (Å²) in [6, 6.07) is 5.89. The highest BCUT2D eigenvalue weighted by Gasteiger charge is 2.27. The Morgan fingerprint density at radius 2 is 2.32 bits per heavy atom. The first-order chi connectivity index (χ1) is 9.02. The van der Waals surface area contributed by atoms with Crippen molar-refractivity contribution < 1.29 is 12.8 Å². The zero-order valence-electron chi connectivity index (χ0n) is 10.7. The summed E-state index contributed by atoms with van der Waals surface area (Å²) in [7, 11) is -2.84. The summed E-state index contributed by atoms with van der Waals surface area (Å²) in [5.74, 6) is 1.09. The standard InChI is InChI=1S/C13H16N2O3S/c1-9-2-3-11-12(6-9)18-13(15-11)7-14-10-4-5-19(16,17)8-10/h2-3,6,10,14H,4-5,7-8H2,1H3. The Balaban J connectivity index is 1.69. The SMILES string of the molecule is Cc1ccc2nc(CNC3CCS(=O)(=O)C3)oc2c1. The van der Waals surface area contributed by atoms with E-state index in [0.29, 0.717) is 18.9 Å². The van der Waals surface area contributed by atoms with E-state index in [1.807, 2.05) is 25.1 Å². The number of rotatable bonds is 3. The number of oxazole rings is 1. The number of hydrogen-bond acceptors (Lipinski definition) is 5. The minimum atomic E-state index is -2.84. The molecule has 2 heterocycles. The molecule has 2 aromatic rings. The van der Waals surface area contributed by atoms with Crippen molar-refractivity contribution in [1.82, 2.24) is 10.3 Å². The average molecular weight is 280 g/mol. The number of sulfone groups is 1. The molecule has 0 bridgehead atoms. The molecule has 3 rings (SSSR count). The predicted octanol–water partition coefficient (Wildman–Crippen LogP) is 1.41. The maximum Gasteiger partial charge on any atom is 0.209 e. The molecule has 102 valence electrons. The third-order valence-electron chi connectivity index (χ3n) is 3.36. The van der Waals surface area contributed by atoms with Crippen LogP contribution in [-0.2, 0) is 16.4 Å². The van der Waals surface area contributed by atoms with Gasteiger partial charge in [-0.3, -0.25) is 0 Å². The fourth-order valence-electron chi connectivity index (χ4n) is 2.34. The minimum absolute atomic E-state index is 0.0155. The highest BCUT2D eigenvalue weighted by molar-refractivity contribution is 7.91. The zero-order chi connectivity index (χ0) is 13.5. The maximum absolute atomic E-state index is 11.4. The number of aryl methyl sites for hydroxylation is 1. The normalized spacial score (nSPS) is 22.1. The van der Waals surface area contributed by atoms with Crippen LogP contribution in [0.3, 0.4) is 0 Å². The molecule has 5 nitrogen and oxygen atoms in total. The molecule has 6 heteroatoms. The van der Waals surface area contributed by atoms with E-state index in [2.05, 4.69) is 10.3 Å². The van der Waals surface area contributed by atoms with E-state index in [9.17, 15) is 8.42 Å². The van der Waals surface area contributed by atoms with Gasteiger partial charge in [0.25, 0.3) is 0 Å². The quantitative estimate of drug-likeness (QED) is 0.920. The lowest BCUT2D eigenvalue weighted by molar-refractivity contribution is 0.463. The number of hydrogen-bond donors (Lipinski definition) is 1. The maximum atomic E-state index is 11.4. The predicted molar refractivity (Wildman–Crippen MR) is 72.6 cm³/mol. The highest BCUT2D eigenvalue weighted by atomic mass is 32.2. The van der Waals surface area contributed by atoms with Gasteiger partial charge in [0.2, 0.25) is 5.89 Å². The molecule has 1 aliphatic rings. The Bertz CT molecular complexity index is 706. The zero-order valence-corrected chi connectivity index (χ0v) is 11.5. The summed E-state index contributed by atoms with van der Waals surface area (Å²) < 4.78 is 28.3. The van der Waals surface area contributed by atoms with E-state index < -0.39 is 9.84 Å². The molecule has 1 saturated heterocycles. The number of aromatic nitrogens is 1. The van der Waals surface area contributed by atoms with Gasteiger partial charge in [0.1, 0.15) is 5.52 Å². The molecule has 1 aromatic carbocycles. The van der Waals surface area contributed by atoms with Crippen LogP contribution in [0.5, 0.6) is 0 Å². The molecule has 19 heavy (non-hydrogen) atoms. The third-order valence-corrected chi connectivity index (χ3v) is 5.13. The summed E-state index contributed by atoms with van der Waals surface area (Å²) in [6.07, 6.45) is 0.668. The molecule has 0 saturated carbocycles. The number of nitrogens with zero attached hydrogens (tertiary/aromatic N) is 1. The van der Waals surface area contributed by atoms with Crippen molar-refractivity contribution >= 4 is 20.9 Å². The fourth-order valence-corrected chi connectivity index (χ4v) is 4.05. The monoisotopic (exact) mass is 280 g/mol. The lowest BCUT2D eigenvalue weighted by Gasteiger charge is -2.07. The minimum Gasteiger partial charge on any atom is -0.439 e. The average Bonchev–Trinajstić information content (AvgIpc) is 2.89. The van der Waals surface area contributed by atoms with Gasteiger partial charge in [-0.1, -0.05) is 6.07 Å². The lowest BCUT2D eigenvalue weighted by atomic mass is 10.2. The summed E-state index contributed by atoms with van der Waals surface area (Å²) in [5, 5.41) is 3.19. The van der Waals surface area contributed by atoms with E-state index in [-0.39, 0.29) is 17.5 Å². The van der Waals surface area contributed by atoms with Gasteiger partial charge in [0.15, 0.2) is 15.4 Å². The van der Waals surface area contributed by atoms with Crippen molar-refractivity contribution in [3.63, 3.8) is 0 Å².